The minimum atomic E-state index is -3.69. The number of carbonyl (C=O) groups is 1. The number of aromatic nitrogens is 1. The molecule has 1 N–H and O–H groups in total. The molecule has 1 aromatic heterocycles. The standard InChI is InChI=1S/C21H27N3O4S/c1-2-17-7-9-18(10-8-17)22-20(25)16-23-15-19(11-12-21(23)26)29(27,28)24-13-5-3-4-6-14-24/h7-12,15H,2-6,13-14,16H2,1H3,(H,22,25). The number of hydrogen-bond acceptors (Lipinski definition) is 4. The Bertz CT molecular complexity index is 1000. The van der Waals surface area contributed by atoms with Crippen LogP contribution in [0.15, 0.2) is 52.3 Å². The normalized spacial score (nSPS) is 15.6. The van der Waals surface area contributed by atoms with Crippen LogP contribution < -0.4 is 10.9 Å². The number of hydrogen-bond donors (Lipinski definition) is 1. The zero-order valence-electron chi connectivity index (χ0n) is 16.6. The fourth-order valence-electron chi connectivity index (χ4n) is 3.40. The first kappa shape index (κ1) is 21.3. The molecular weight excluding hydrogens is 390 g/mol. The molecule has 0 spiro atoms. The largest absolute Gasteiger partial charge is 0.325 e. The summed E-state index contributed by atoms with van der Waals surface area (Å²) in [6.07, 6.45) is 5.87. The molecule has 1 aromatic carbocycles. The van der Waals surface area contributed by atoms with Crippen molar-refractivity contribution in [1.29, 1.82) is 0 Å². The molecule has 2 aromatic rings. The minimum Gasteiger partial charge on any atom is -0.325 e. The first-order valence-corrected chi connectivity index (χ1v) is 11.4. The first-order valence-electron chi connectivity index (χ1n) is 9.99. The van der Waals surface area contributed by atoms with Crippen molar-refractivity contribution in [1.82, 2.24) is 8.87 Å². The van der Waals surface area contributed by atoms with Crippen molar-refractivity contribution in [3.8, 4) is 0 Å². The summed E-state index contributed by atoms with van der Waals surface area (Å²) in [7, 11) is -3.69. The molecule has 156 valence electrons. The Labute approximate surface area is 171 Å². The van der Waals surface area contributed by atoms with Gasteiger partial charge >= 0.3 is 0 Å². The van der Waals surface area contributed by atoms with Crippen molar-refractivity contribution >= 4 is 21.6 Å². The van der Waals surface area contributed by atoms with Crippen molar-refractivity contribution in [2.24, 2.45) is 0 Å². The van der Waals surface area contributed by atoms with E-state index in [9.17, 15) is 18.0 Å². The van der Waals surface area contributed by atoms with E-state index in [2.05, 4.69) is 5.32 Å². The van der Waals surface area contributed by atoms with Gasteiger partial charge in [0.1, 0.15) is 6.54 Å². The van der Waals surface area contributed by atoms with Crippen LogP contribution in [0, 0.1) is 0 Å². The van der Waals surface area contributed by atoms with Gasteiger partial charge in [-0.25, -0.2) is 8.42 Å². The highest BCUT2D eigenvalue weighted by molar-refractivity contribution is 7.89. The Morgan fingerprint density at radius 1 is 1.00 bits per heavy atom. The van der Waals surface area contributed by atoms with Gasteiger partial charge in [0.2, 0.25) is 15.9 Å². The molecule has 1 amide bonds. The number of carbonyl (C=O) groups excluding carboxylic acids is 1. The topological polar surface area (TPSA) is 88.5 Å². The molecule has 1 fully saturated rings. The second-order valence-corrected chi connectivity index (χ2v) is 9.19. The fourth-order valence-corrected chi connectivity index (χ4v) is 4.93. The molecule has 8 heteroatoms. The third kappa shape index (κ3) is 5.33. The van der Waals surface area contributed by atoms with Gasteiger partial charge in [-0.1, -0.05) is 31.9 Å². The van der Waals surface area contributed by atoms with Crippen molar-refractivity contribution in [3.63, 3.8) is 0 Å². The van der Waals surface area contributed by atoms with Gasteiger partial charge < -0.3 is 9.88 Å². The molecule has 7 nitrogen and oxygen atoms in total. The summed E-state index contributed by atoms with van der Waals surface area (Å²) in [5.74, 6) is -0.388. The van der Waals surface area contributed by atoms with Crippen molar-refractivity contribution in [2.75, 3.05) is 18.4 Å². The van der Waals surface area contributed by atoms with E-state index in [0.717, 1.165) is 42.2 Å². The van der Waals surface area contributed by atoms with Gasteiger partial charge in [0.15, 0.2) is 0 Å². The number of rotatable bonds is 6. The Kier molecular flexibility index (Phi) is 6.87. The lowest BCUT2D eigenvalue weighted by molar-refractivity contribution is -0.116. The van der Waals surface area contributed by atoms with Crippen molar-refractivity contribution in [3.05, 3.63) is 58.5 Å². The van der Waals surface area contributed by atoms with E-state index in [0.29, 0.717) is 18.8 Å². The van der Waals surface area contributed by atoms with Crippen LogP contribution in [0.2, 0.25) is 0 Å². The lowest BCUT2D eigenvalue weighted by Gasteiger charge is -2.20. The summed E-state index contributed by atoms with van der Waals surface area (Å²) < 4.78 is 28.5. The number of nitrogens with zero attached hydrogens (tertiary/aromatic N) is 2. The summed E-state index contributed by atoms with van der Waals surface area (Å²) in [4.78, 5) is 24.6. The van der Waals surface area contributed by atoms with Crippen LogP contribution in [0.1, 0.15) is 38.2 Å². The number of aryl methyl sites for hydroxylation is 1. The third-order valence-electron chi connectivity index (χ3n) is 5.12. The van der Waals surface area contributed by atoms with Crippen LogP contribution in [0.25, 0.3) is 0 Å². The van der Waals surface area contributed by atoms with Crippen LogP contribution in [-0.4, -0.2) is 36.3 Å². The van der Waals surface area contributed by atoms with E-state index >= 15 is 0 Å². The molecule has 2 heterocycles. The number of benzene rings is 1. The van der Waals surface area contributed by atoms with Crippen molar-refractivity contribution < 1.29 is 13.2 Å². The molecule has 1 aliphatic rings. The molecule has 1 aliphatic heterocycles. The highest BCUT2D eigenvalue weighted by Gasteiger charge is 2.25. The SMILES string of the molecule is CCc1ccc(NC(=O)Cn2cc(S(=O)(=O)N3CCCCCC3)ccc2=O)cc1. The second kappa shape index (κ2) is 9.37. The van der Waals surface area contributed by atoms with Gasteiger partial charge in [0.25, 0.3) is 5.56 Å². The van der Waals surface area contributed by atoms with Gasteiger partial charge in [-0.15, -0.1) is 0 Å². The zero-order valence-corrected chi connectivity index (χ0v) is 17.5. The molecule has 0 atom stereocenters. The molecule has 0 saturated carbocycles. The molecular formula is C21H27N3O4S. The van der Waals surface area contributed by atoms with Gasteiger partial charge in [0, 0.05) is 31.0 Å². The van der Waals surface area contributed by atoms with Gasteiger partial charge in [-0.05, 0) is 43.0 Å². The molecule has 1 saturated heterocycles. The van der Waals surface area contributed by atoms with E-state index in [1.807, 2.05) is 19.1 Å². The number of sulfonamides is 1. The maximum Gasteiger partial charge on any atom is 0.251 e. The molecule has 29 heavy (non-hydrogen) atoms. The predicted molar refractivity (Wildman–Crippen MR) is 112 cm³/mol. The summed E-state index contributed by atoms with van der Waals surface area (Å²) in [5, 5.41) is 2.74. The van der Waals surface area contributed by atoms with Gasteiger partial charge in [-0.3, -0.25) is 9.59 Å². The fraction of sp³-hybridized carbons (Fsp3) is 0.429. The molecule has 0 bridgehead atoms. The van der Waals surface area contributed by atoms with Gasteiger partial charge in [0.05, 0.1) is 4.90 Å². The predicted octanol–water partition coefficient (Wildman–Crippen LogP) is 2.61. The Morgan fingerprint density at radius 2 is 1.66 bits per heavy atom. The third-order valence-corrected chi connectivity index (χ3v) is 7.00. The highest BCUT2D eigenvalue weighted by atomic mass is 32.2. The van der Waals surface area contributed by atoms with E-state index < -0.39 is 15.6 Å². The van der Waals surface area contributed by atoms with Gasteiger partial charge in [-0.2, -0.15) is 4.31 Å². The maximum atomic E-state index is 13.0. The average Bonchev–Trinajstić information content (AvgIpc) is 3.00. The van der Waals surface area contributed by atoms with E-state index in [4.69, 9.17) is 0 Å². The molecule has 0 unspecified atom stereocenters. The lowest BCUT2D eigenvalue weighted by atomic mass is 10.1. The van der Waals surface area contributed by atoms with E-state index in [-0.39, 0.29) is 17.3 Å². The zero-order chi connectivity index (χ0) is 20.9. The quantitative estimate of drug-likeness (QED) is 0.783. The smallest absolute Gasteiger partial charge is 0.251 e. The van der Waals surface area contributed by atoms with Crippen LogP contribution in [0.3, 0.4) is 0 Å². The maximum absolute atomic E-state index is 13.0. The monoisotopic (exact) mass is 417 g/mol. The average molecular weight is 418 g/mol. The summed E-state index contributed by atoms with van der Waals surface area (Å²) in [6, 6.07) is 9.99. The van der Waals surface area contributed by atoms with E-state index in [1.165, 1.54) is 22.6 Å². The Hall–Kier alpha value is -2.45. The Balaban J connectivity index is 1.75. The molecule has 3 rings (SSSR count). The highest BCUT2D eigenvalue weighted by Crippen LogP contribution is 2.19. The van der Waals surface area contributed by atoms with Crippen LogP contribution >= 0.6 is 0 Å². The Morgan fingerprint density at radius 3 is 2.28 bits per heavy atom. The summed E-state index contributed by atoms with van der Waals surface area (Å²) in [6.45, 7) is 2.76. The summed E-state index contributed by atoms with van der Waals surface area (Å²) in [5.41, 5.74) is 1.37. The minimum absolute atomic E-state index is 0.0408. The number of nitrogens with one attached hydrogen (secondary N) is 1. The van der Waals surface area contributed by atoms with Crippen LogP contribution in [-0.2, 0) is 27.8 Å². The number of pyridine rings is 1. The second-order valence-electron chi connectivity index (χ2n) is 7.25. The summed E-state index contributed by atoms with van der Waals surface area (Å²) >= 11 is 0. The van der Waals surface area contributed by atoms with Crippen molar-refractivity contribution in [2.45, 2.75) is 50.5 Å². The first-order chi connectivity index (χ1) is 13.9. The molecule has 0 aliphatic carbocycles. The number of amides is 1. The van der Waals surface area contributed by atoms with Crippen LogP contribution in [0.5, 0.6) is 0 Å². The van der Waals surface area contributed by atoms with E-state index in [1.54, 1.807) is 12.1 Å². The lowest BCUT2D eigenvalue weighted by Crippen LogP contribution is -2.33. The van der Waals surface area contributed by atoms with Crippen LogP contribution in [0.4, 0.5) is 5.69 Å². The number of anilines is 1. The molecule has 0 radical (unpaired) electrons.